The normalized spacial score (nSPS) is 11.3. The molecule has 0 fully saturated rings. The van der Waals surface area contributed by atoms with Crippen LogP contribution in [0.5, 0.6) is 0 Å². The van der Waals surface area contributed by atoms with Crippen LogP contribution < -0.4 is 5.32 Å². The highest BCUT2D eigenvalue weighted by Crippen LogP contribution is 2.15. The number of imidazole rings is 2. The lowest BCUT2D eigenvalue weighted by atomic mass is 10.2. The SMILES string of the molecule is Cc1nc2ccccc2n1CCCNC(=O)CCc1nc2ccccc2[nH]1. The molecular formula is C21H23N5O. The molecule has 2 N–H and O–H groups in total. The number of nitrogens with zero attached hydrogens (tertiary/aromatic N) is 3. The lowest BCUT2D eigenvalue weighted by Gasteiger charge is -2.08. The number of aromatic amines is 1. The van der Waals surface area contributed by atoms with E-state index in [9.17, 15) is 4.79 Å². The summed E-state index contributed by atoms with van der Waals surface area (Å²) < 4.78 is 2.20. The number of rotatable bonds is 7. The zero-order valence-corrected chi connectivity index (χ0v) is 15.4. The van der Waals surface area contributed by atoms with Gasteiger partial charge in [0.25, 0.3) is 0 Å². The number of carbonyl (C=O) groups is 1. The summed E-state index contributed by atoms with van der Waals surface area (Å²) in [7, 11) is 0. The van der Waals surface area contributed by atoms with E-state index in [2.05, 4.69) is 30.9 Å². The van der Waals surface area contributed by atoms with Gasteiger partial charge in [0.05, 0.1) is 22.1 Å². The van der Waals surface area contributed by atoms with Crippen molar-refractivity contribution in [1.82, 2.24) is 24.8 Å². The molecule has 0 spiro atoms. The van der Waals surface area contributed by atoms with Gasteiger partial charge in [0.1, 0.15) is 11.6 Å². The zero-order chi connectivity index (χ0) is 18.6. The molecule has 0 aliphatic rings. The van der Waals surface area contributed by atoms with Gasteiger partial charge in [-0.2, -0.15) is 0 Å². The molecule has 0 bridgehead atoms. The first-order chi connectivity index (χ1) is 13.2. The average Bonchev–Trinajstić information content (AvgIpc) is 3.23. The lowest BCUT2D eigenvalue weighted by Crippen LogP contribution is -2.25. The van der Waals surface area contributed by atoms with Crippen LogP contribution in [0.1, 0.15) is 24.5 Å². The zero-order valence-electron chi connectivity index (χ0n) is 15.4. The third-order valence-corrected chi connectivity index (χ3v) is 4.75. The molecule has 0 saturated carbocycles. The highest BCUT2D eigenvalue weighted by Gasteiger charge is 2.08. The molecule has 0 unspecified atom stereocenters. The Hall–Kier alpha value is -3.15. The summed E-state index contributed by atoms with van der Waals surface area (Å²) in [5.74, 6) is 1.92. The predicted molar refractivity (Wildman–Crippen MR) is 107 cm³/mol. The Morgan fingerprint density at radius 2 is 1.85 bits per heavy atom. The van der Waals surface area contributed by atoms with E-state index in [1.807, 2.05) is 49.4 Å². The van der Waals surface area contributed by atoms with Crippen LogP contribution in [-0.4, -0.2) is 32.0 Å². The second-order valence-corrected chi connectivity index (χ2v) is 6.70. The molecule has 2 aromatic heterocycles. The van der Waals surface area contributed by atoms with Crippen molar-refractivity contribution in [2.24, 2.45) is 0 Å². The summed E-state index contributed by atoms with van der Waals surface area (Å²) in [5.41, 5.74) is 4.11. The number of para-hydroxylation sites is 4. The Bertz CT molecular complexity index is 1050. The van der Waals surface area contributed by atoms with E-state index in [-0.39, 0.29) is 5.91 Å². The largest absolute Gasteiger partial charge is 0.356 e. The van der Waals surface area contributed by atoms with Crippen LogP contribution in [0.15, 0.2) is 48.5 Å². The van der Waals surface area contributed by atoms with E-state index in [0.29, 0.717) is 19.4 Å². The average molecular weight is 361 g/mol. The number of H-pyrrole nitrogens is 1. The number of hydrogen-bond acceptors (Lipinski definition) is 3. The Morgan fingerprint density at radius 3 is 2.70 bits per heavy atom. The third kappa shape index (κ3) is 3.84. The first kappa shape index (κ1) is 17.3. The highest BCUT2D eigenvalue weighted by atomic mass is 16.1. The molecule has 0 saturated heterocycles. The summed E-state index contributed by atoms with van der Waals surface area (Å²) >= 11 is 0. The molecule has 0 atom stereocenters. The van der Waals surface area contributed by atoms with Crippen LogP contribution in [0, 0.1) is 6.92 Å². The van der Waals surface area contributed by atoms with Crippen molar-refractivity contribution in [3.05, 3.63) is 60.2 Å². The summed E-state index contributed by atoms with van der Waals surface area (Å²) in [5, 5.41) is 3.00. The predicted octanol–water partition coefficient (Wildman–Crippen LogP) is 3.36. The molecule has 0 radical (unpaired) electrons. The summed E-state index contributed by atoms with van der Waals surface area (Å²) in [6, 6.07) is 16.0. The smallest absolute Gasteiger partial charge is 0.220 e. The van der Waals surface area contributed by atoms with Crippen molar-refractivity contribution in [2.45, 2.75) is 32.7 Å². The van der Waals surface area contributed by atoms with Crippen LogP contribution in [0.2, 0.25) is 0 Å². The molecule has 2 heterocycles. The number of benzene rings is 2. The fourth-order valence-corrected chi connectivity index (χ4v) is 3.39. The van der Waals surface area contributed by atoms with Gasteiger partial charge >= 0.3 is 0 Å². The van der Waals surface area contributed by atoms with Gasteiger partial charge in [-0.15, -0.1) is 0 Å². The summed E-state index contributed by atoms with van der Waals surface area (Å²) in [6.07, 6.45) is 1.93. The molecule has 1 amide bonds. The third-order valence-electron chi connectivity index (χ3n) is 4.75. The topological polar surface area (TPSA) is 75.6 Å². The van der Waals surface area contributed by atoms with Crippen molar-refractivity contribution >= 4 is 28.0 Å². The number of aromatic nitrogens is 4. The fraction of sp³-hybridized carbons (Fsp3) is 0.286. The van der Waals surface area contributed by atoms with E-state index in [1.54, 1.807) is 0 Å². The first-order valence-corrected chi connectivity index (χ1v) is 9.33. The van der Waals surface area contributed by atoms with E-state index in [0.717, 1.165) is 46.7 Å². The molecular weight excluding hydrogens is 338 g/mol. The van der Waals surface area contributed by atoms with Crippen LogP contribution in [0.4, 0.5) is 0 Å². The van der Waals surface area contributed by atoms with Crippen molar-refractivity contribution in [3.63, 3.8) is 0 Å². The molecule has 27 heavy (non-hydrogen) atoms. The Labute approximate surface area is 157 Å². The van der Waals surface area contributed by atoms with Gasteiger partial charge in [0.2, 0.25) is 5.91 Å². The van der Waals surface area contributed by atoms with Gasteiger partial charge in [-0.25, -0.2) is 9.97 Å². The van der Waals surface area contributed by atoms with Gasteiger partial charge in [0.15, 0.2) is 0 Å². The molecule has 2 aromatic carbocycles. The molecule has 4 rings (SSSR count). The molecule has 0 aliphatic heterocycles. The van der Waals surface area contributed by atoms with E-state index >= 15 is 0 Å². The van der Waals surface area contributed by atoms with E-state index in [4.69, 9.17) is 0 Å². The van der Waals surface area contributed by atoms with Crippen molar-refractivity contribution < 1.29 is 4.79 Å². The molecule has 6 nitrogen and oxygen atoms in total. The Kier molecular flexibility index (Phi) is 4.87. The lowest BCUT2D eigenvalue weighted by molar-refractivity contribution is -0.121. The maximum absolute atomic E-state index is 12.1. The van der Waals surface area contributed by atoms with Gasteiger partial charge in [-0.1, -0.05) is 24.3 Å². The number of nitrogens with one attached hydrogen (secondary N) is 2. The molecule has 138 valence electrons. The maximum Gasteiger partial charge on any atom is 0.220 e. The van der Waals surface area contributed by atoms with Crippen LogP contribution in [0.3, 0.4) is 0 Å². The van der Waals surface area contributed by atoms with Gasteiger partial charge in [-0.05, 0) is 37.6 Å². The van der Waals surface area contributed by atoms with Crippen LogP contribution in [0.25, 0.3) is 22.1 Å². The minimum Gasteiger partial charge on any atom is -0.356 e. The van der Waals surface area contributed by atoms with Gasteiger partial charge in [-0.3, -0.25) is 4.79 Å². The number of hydrogen-bond donors (Lipinski definition) is 2. The monoisotopic (exact) mass is 361 g/mol. The molecule has 0 aliphatic carbocycles. The molecule has 6 heteroatoms. The first-order valence-electron chi connectivity index (χ1n) is 9.33. The quantitative estimate of drug-likeness (QED) is 0.496. The standard InChI is InChI=1S/C21H23N5O/c1-15-23-18-9-4-5-10-19(18)26(15)14-6-13-22-21(27)12-11-20-24-16-7-2-3-8-17(16)25-20/h2-5,7-10H,6,11-14H2,1H3,(H,22,27)(H,24,25). The minimum atomic E-state index is 0.0580. The van der Waals surface area contributed by atoms with Crippen molar-refractivity contribution in [2.75, 3.05) is 6.54 Å². The Morgan fingerprint density at radius 1 is 1.07 bits per heavy atom. The molecule has 4 aromatic rings. The fourth-order valence-electron chi connectivity index (χ4n) is 3.39. The van der Waals surface area contributed by atoms with Crippen molar-refractivity contribution in [1.29, 1.82) is 0 Å². The Balaban J connectivity index is 1.24. The second kappa shape index (κ2) is 7.61. The van der Waals surface area contributed by atoms with Gasteiger partial charge < -0.3 is 14.9 Å². The van der Waals surface area contributed by atoms with Crippen LogP contribution in [-0.2, 0) is 17.8 Å². The summed E-state index contributed by atoms with van der Waals surface area (Å²) in [4.78, 5) is 24.4. The maximum atomic E-state index is 12.1. The number of fused-ring (bicyclic) bond motifs is 2. The number of aryl methyl sites for hydroxylation is 3. The van der Waals surface area contributed by atoms with Gasteiger partial charge in [0, 0.05) is 25.9 Å². The number of carbonyl (C=O) groups excluding carboxylic acids is 1. The van der Waals surface area contributed by atoms with E-state index < -0.39 is 0 Å². The second-order valence-electron chi connectivity index (χ2n) is 6.70. The number of amides is 1. The highest BCUT2D eigenvalue weighted by molar-refractivity contribution is 5.77. The van der Waals surface area contributed by atoms with Crippen molar-refractivity contribution in [3.8, 4) is 0 Å². The summed E-state index contributed by atoms with van der Waals surface area (Å²) in [6.45, 7) is 3.52. The van der Waals surface area contributed by atoms with Crippen LogP contribution >= 0.6 is 0 Å². The van der Waals surface area contributed by atoms with E-state index in [1.165, 1.54) is 0 Å². The minimum absolute atomic E-state index is 0.0580.